The van der Waals surface area contributed by atoms with Crippen molar-refractivity contribution in [3.8, 4) is 11.5 Å². The molecule has 0 fully saturated rings. The van der Waals surface area contributed by atoms with Gasteiger partial charge < -0.3 is 0 Å². The van der Waals surface area contributed by atoms with E-state index >= 15 is 0 Å². The molecule has 2 aromatic rings. The second-order valence-corrected chi connectivity index (χ2v) is 10.00. The van der Waals surface area contributed by atoms with Crippen molar-refractivity contribution in [3.63, 3.8) is 0 Å². The van der Waals surface area contributed by atoms with Gasteiger partial charge in [0.15, 0.2) is 0 Å². The van der Waals surface area contributed by atoms with Crippen molar-refractivity contribution in [3.05, 3.63) is 48.0 Å². The van der Waals surface area contributed by atoms with Crippen molar-refractivity contribution in [2.75, 3.05) is 0 Å². The Labute approximate surface area is 109 Å². The summed E-state index contributed by atoms with van der Waals surface area (Å²) < 4.78 is 1.87. The van der Waals surface area contributed by atoms with E-state index in [1.807, 2.05) is 35.3 Å². The molecule has 0 aliphatic rings. The first-order chi connectivity index (χ1) is 8.53. The molecule has 0 atom stereocenters. The van der Waals surface area contributed by atoms with E-state index in [4.69, 9.17) is 0 Å². The van der Waals surface area contributed by atoms with Crippen LogP contribution in [0, 0.1) is 11.5 Å². The Morgan fingerprint density at radius 1 is 1.28 bits per heavy atom. The first kappa shape index (κ1) is 12.6. The Morgan fingerprint density at radius 3 is 2.78 bits per heavy atom. The van der Waals surface area contributed by atoms with Crippen LogP contribution in [0.2, 0.25) is 19.6 Å². The van der Waals surface area contributed by atoms with Crippen molar-refractivity contribution in [2.45, 2.75) is 26.2 Å². The topological polar surface area (TPSA) is 30.7 Å². The van der Waals surface area contributed by atoms with Crippen LogP contribution in [0.25, 0.3) is 0 Å². The average molecular weight is 255 g/mol. The highest BCUT2D eigenvalue weighted by Crippen LogP contribution is 2.02. The third-order valence-electron chi connectivity index (χ3n) is 2.27. The van der Waals surface area contributed by atoms with Crippen LogP contribution >= 0.6 is 0 Å². The van der Waals surface area contributed by atoms with Crippen molar-refractivity contribution < 1.29 is 0 Å². The molecule has 0 radical (unpaired) electrons. The zero-order chi connectivity index (χ0) is 13.0. The van der Waals surface area contributed by atoms with E-state index in [0.29, 0.717) is 6.54 Å². The molecule has 0 aliphatic heterocycles. The number of hydrogen-bond donors (Lipinski definition) is 0. The molecule has 3 nitrogen and oxygen atoms in total. The van der Waals surface area contributed by atoms with Gasteiger partial charge in [0, 0.05) is 12.4 Å². The number of rotatable bonds is 2. The van der Waals surface area contributed by atoms with E-state index in [-0.39, 0.29) is 0 Å². The summed E-state index contributed by atoms with van der Waals surface area (Å²) in [5.74, 6) is 3.20. The maximum absolute atomic E-state index is 4.30. The third-order valence-corrected chi connectivity index (χ3v) is 3.14. The van der Waals surface area contributed by atoms with Crippen LogP contribution in [0.1, 0.15) is 11.3 Å². The molecule has 0 saturated carbocycles. The van der Waals surface area contributed by atoms with Crippen LogP contribution in [0.5, 0.6) is 0 Å². The number of hydrogen-bond acceptors (Lipinski definition) is 2. The van der Waals surface area contributed by atoms with E-state index in [9.17, 15) is 0 Å². The SMILES string of the molecule is C[Si](C)(C)C#Cc1cnn(Cc2ccccn2)c1. The summed E-state index contributed by atoms with van der Waals surface area (Å²) in [7, 11) is -1.32. The first-order valence-electron chi connectivity index (χ1n) is 5.98. The zero-order valence-corrected chi connectivity index (χ0v) is 12.0. The molecule has 0 N–H and O–H groups in total. The highest BCUT2D eigenvalue weighted by atomic mass is 28.3. The fraction of sp³-hybridized carbons (Fsp3) is 0.286. The molecule has 4 heteroatoms. The summed E-state index contributed by atoms with van der Waals surface area (Å²) in [6, 6.07) is 5.89. The van der Waals surface area contributed by atoms with Gasteiger partial charge in [-0.3, -0.25) is 9.67 Å². The Morgan fingerprint density at radius 2 is 2.11 bits per heavy atom. The van der Waals surface area contributed by atoms with Crippen molar-refractivity contribution in [1.82, 2.24) is 14.8 Å². The van der Waals surface area contributed by atoms with Gasteiger partial charge in [-0.05, 0) is 12.1 Å². The molecule has 92 valence electrons. The van der Waals surface area contributed by atoms with E-state index < -0.39 is 8.07 Å². The number of pyridine rings is 1. The molecule has 0 amide bonds. The molecule has 18 heavy (non-hydrogen) atoms. The fourth-order valence-corrected chi connectivity index (χ4v) is 1.95. The predicted octanol–water partition coefficient (Wildman–Crippen LogP) is 2.56. The van der Waals surface area contributed by atoms with Crippen LogP contribution in [0.4, 0.5) is 0 Å². The highest BCUT2D eigenvalue weighted by molar-refractivity contribution is 6.83. The maximum Gasteiger partial charge on any atom is 0.129 e. The number of nitrogens with zero attached hydrogens (tertiary/aromatic N) is 3. The van der Waals surface area contributed by atoms with Crippen LogP contribution in [-0.4, -0.2) is 22.8 Å². The summed E-state index contributed by atoms with van der Waals surface area (Å²) in [6.07, 6.45) is 5.59. The summed E-state index contributed by atoms with van der Waals surface area (Å²) in [6.45, 7) is 7.39. The molecule has 2 rings (SSSR count). The lowest BCUT2D eigenvalue weighted by atomic mass is 10.3. The van der Waals surface area contributed by atoms with Crippen LogP contribution in [0.15, 0.2) is 36.8 Å². The fourth-order valence-electron chi connectivity index (χ4n) is 1.43. The Hall–Kier alpha value is -1.86. The summed E-state index contributed by atoms with van der Waals surface area (Å²) in [5.41, 5.74) is 5.32. The summed E-state index contributed by atoms with van der Waals surface area (Å²) in [5, 5.41) is 4.30. The monoisotopic (exact) mass is 255 g/mol. The first-order valence-corrected chi connectivity index (χ1v) is 9.48. The molecule has 0 aromatic carbocycles. The van der Waals surface area contributed by atoms with Crippen molar-refractivity contribution in [2.24, 2.45) is 0 Å². The van der Waals surface area contributed by atoms with Gasteiger partial charge in [0.2, 0.25) is 0 Å². The lowest BCUT2D eigenvalue weighted by molar-refractivity contribution is 0.672. The van der Waals surface area contributed by atoms with Crippen LogP contribution < -0.4 is 0 Å². The Bertz CT molecular complexity index is 570. The minimum Gasteiger partial charge on any atom is -0.265 e. The predicted molar refractivity (Wildman–Crippen MR) is 75.8 cm³/mol. The smallest absolute Gasteiger partial charge is 0.129 e. The average Bonchev–Trinajstić information content (AvgIpc) is 2.75. The second kappa shape index (κ2) is 5.19. The molecular weight excluding hydrogens is 238 g/mol. The molecule has 2 heterocycles. The second-order valence-electron chi connectivity index (χ2n) is 5.25. The van der Waals surface area contributed by atoms with Gasteiger partial charge in [-0.25, -0.2) is 0 Å². The Kier molecular flexibility index (Phi) is 3.63. The Balaban J connectivity index is 2.09. The molecule has 2 aromatic heterocycles. The van der Waals surface area contributed by atoms with Gasteiger partial charge in [0.1, 0.15) is 8.07 Å². The van der Waals surface area contributed by atoms with Crippen LogP contribution in [0.3, 0.4) is 0 Å². The standard InChI is InChI=1S/C14H17N3Si/c1-18(2,3)9-7-13-10-16-17(11-13)12-14-6-4-5-8-15-14/h4-6,8,10-11H,12H2,1-3H3. The van der Waals surface area contributed by atoms with E-state index in [0.717, 1.165) is 11.3 Å². The van der Waals surface area contributed by atoms with Gasteiger partial charge >= 0.3 is 0 Å². The maximum atomic E-state index is 4.30. The number of aromatic nitrogens is 3. The molecule has 0 saturated heterocycles. The minimum atomic E-state index is -1.32. The van der Waals surface area contributed by atoms with E-state index in [2.05, 4.69) is 41.2 Å². The molecule has 0 spiro atoms. The van der Waals surface area contributed by atoms with Crippen LogP contribution in [-0.2, 0) is 6.54 Å². The molecule has 0 aliphatic carbocycles. The zero-order valence-electron chi connectivity index (χ0n) is 11.0. The van der Waals surface area contributed by atoms with E-state index in [1.165, 1.54) is 0 Å². The molecular formula is C14H17N3Si. The van der Waals surface area contributed by atoms with Crippen molar-refractivity contribution >= 4 is 8.07 Å². The van der Waals surface area contributed by atoms with Gasteiger partial charge in [0.05, 0.1) is 24.0 Å². The van der Waals surface area contributed by atoms with E-state index in [1.54, 1.807) is 6.20 Å². The summed E-state index contributed by atoms with van der Waals surface area (Å²) >= 11 is 0. The molecule has 0 bridgehead atoms. The molecule has 0 unspecified atom stereocenters. The third kappa shape index (κ3) is 3.86. The van der Waals surface area contributed by atoms with Gasteiger partial charge in [-0.2, -0.15) is 5.10 Å². The van der Waals surface area contributed by atoms with Gasteiger partial charge in [-0.1, -0.05) is 31.6 Å². The summed E-state index contributed by atoms with van der Waals surface area (Å²) in [4.78, 5) is 4.28. The largest absolute Gasteiger partial charge is 0.265 e. The van der Waals surface area contributed by atoms with Crippen molar-refractivity contribution in [1.29, 1.82) is 0 Å². The van der Waals surface area contributed by atoms with Gasteiger partial charge in [0.25, 0.3) is 0 Å². The normalized spacial score (nSPS) is 10.8. The highest BCUT2D eigenvalue weighted by Gasteiger charge is 2.07. The van der Waals surface area contributed by atoms with Gasteiger partial charge in [-0.15, -0.1) is 5.54 Å². The lowest BCUT2D eigenvalue weighted by Gasteiger charge is -2.02. The minimum absolute atomic E-state index is 0.690. The lowest BCUT2D eigenvalue weighted by Crippen LogP contribution is -2.16. The quantitative estimate of drug-likeness (QED) is 0.610.